The molecule has 1 rings (SSSR count). The molecular weight excluding hydrogens is 282 g/mol. The average Bonchev–Trinajstić information content (AvgIpc) is 2.25. The van der Waals surface area contributed by atoms with Gasteiger partial charge >= 0.3 is 16.3 Å². The van der Waals surface area contributed by atoms with Gasteiger partial charge in [-0.3, -0.25) is 0 Å². The summed E-state index contributed by atoms with van der Waals surface area (Å²) in [5, 5.41) is 0. The van der Waals surface area contributed by atoms with Crippen LogP contribution in [0.5, 0.6) is 0 Å². The average molecular weight is 307 g/mol. The number of hydrogen-bond acceptors (Lipinski definition) is 5. The zero-order chi connectivity index (χ0) is 15.4. The summed E-state index contributed by atoms with van der Waals surface area (Å²) in [6.45, 7) is 5.56. The van der Waals surface area contributed by atoms with Crippen LogP contribution in [0.25, 0.3) is 0 Å². The minimum Gasteiger partial charge on any atom is -0.446 e. The fraction of sp³-hybridized carbons (Fsp3) is 0.917. The van der Waals surface area contributed by atoms with Crippen molar-refractivity contribution in [2.24, 2.45) is 11.7 Å². The van der Waals surface area contributed by atoms with Crippen molar-refractivity contribution in [2.75, 3.05) is 6.54 Å². The SMILES string of the molecule is CC1CCCC(CN)(NS(=O)(=O)NC(=O)OC(C)C)C1. The van der Waals surface area contributed by atoms with Gasteiger partial charge in [-0.15, -0.1) is 0 Å². The molecule has 1 amide bonds. The molecule has 4 N–H and O–H groups in total. The zero-order valence-electron chi connectivity index (χ0n) is 12.3. The van der Waals surface area contributed by atoms with Gasteiger partial charge in [-0.1, -0.05) is 19.8 Å². The molecule has 1 aliphatic rings. The number of hydrogen-bond donors (Lipinski definition) is 3. The standard InChI is InChI=1S/C12H25N3O4S/c1-9(2)19-11(16)14-20(17,18)15-12(8-13)6-4-5-10(3)7-12/h9-10,15H,4-8,13H2,1-3H3,(H,14,16). The molecule has 20 heavy (non-hydrogen) atoms. The largest absolute Gasteiger partial charge is 0.446 e. The number of carbonyl (C=O) groups excluding carboxylic acids is 1. The zero-order valence-corrected chi connectivity index (χ0v) is 13.1. The molecule has 1 saturated carbocycles. The van der Waals surface area contributed by atoms with Crippen molar-refractivity contribution < 1.29 is 17.9 Å². The van der Waals surface area contributed by atoms with Gasteiger partial charge in [0.05, 0.1) is 6.10 Å². The van der Waals surface area contributed by atoms with Gasteiger partial charge in [0, 0.05) is 12.1 Å². The highest BCUT2D eigenvalue weighted by atomic mass is 32.2. The normalized spacial score (nSPS) is 27.4. The number of nitrogens with two attached hydrogens (primary N) is 1. The summed E-state index contributed by atoms with van der Waals surface area (Å²) in [6, 6.07) is 0. The molecule has 0 aliphatic heterocycles. The highest BCUT2D eigenvalue weighted by molar-refractivity contribution is 7.88. The predicted octanol–water partition coefficient (Wildman–Crippen LogP) is 0.863. The van der Waals surface area contributed by atoms with E-state index in [4.69, 9.17) is 10.5 Å². The summed E-state index contributed by atoms with van der Waals surface area (Å²) >= 11 is 0. The highest BCUT2D eigenvalue weighted by Gasteiger charge is 2.37. The molecule has 1 aliphatic carbocycles. The molecular formula is C12H25N3O4S. The van der Waals surface area contributed by atoms with Crippen LogP contribution in [0.1, 0.15) is 46.5 Å². The number of nitrogens with one attached hydrogen (secondary N) is 2. The van der Waals surface area contributed by atoms with E-state index in [2.05, 4.69) is 11.6 Å². The van der Waals surface area contributed by atoms with Crippen molar-refractivity contribution in [3.8, 4) is 0 Å². The summed E-state index contributed by atoms with van der Waals surface area (Å²) in [6.07, 6.45) is 1.95. The van der Waals surface area contributed by atoms with E-state index in [1.807, 2.05) is 4.72 Å². The summed E-state index contributed by atoms with van der Waals surface area (Å²) in [7, 11) is -3.97. The van der Waals surface area contributed by atoms with E-state index in [1.165, 1.54) is 0 Å². The Morgan fingerprint density at radius 3 is 2.65 bits per heavy atom. The Kier molecular flexibility index (Phi) is 5.79. The van der Waals surface area contributed by atoms with E-state index < -0.39 is 21.8 Å². The van der Waals surface area contributed by atoms with E-state index in [0.29, 0.717) is 18.8 Å². The maximum Gasteiger partial charge on any atom is 0.422 e. The minimum atomic E-state index is -3.97. The van der Waals surface area contributed by atoms with Crippen molar-refractivity contribution in [3.05, 3.63) is 0 Å². The van der Waals surface area contributed by atoms with Gasteiger partial charge in [-0.05, 0) is 32.6 Å². The second-order valence-corrected chi connectivity index (χ2v) is 7.26. The number of carbonyl (C=O) groups is 1. The van der Waals surface area contributed by atoms with Crippen LogP contribution < -0.4 is 15.2 Å². The molecule has 2 unspecified atom stereocenters. The lowest BCUT2D eigenvalue weighted by Crippen LogP contribution is -2.59. The van der Waals surface area contributed by atoms with E-state index in [-0.39, 0.29) is 12.6 Å². The first kappa shape index (κ1) is 17.2. The Hall–Kier alpha value is -0.860. The molecule has 0 heterocycles. The second-order valence-electron chi connectivity index (χ2n) is 5.85. The van der Waals surface area contributed by atoms with Gasteiger partial charge in [0.15, 0.2) is 0 Å². The van der Waals surface area contributed by atoms with E-state index in [1.54, 1.807) is 13.8 Å². The van der Waals surface area contributed by atoms with Gasteiger partial charge in [-0.25, -0.2) is 9.52 Å². The Balaban J connectivity index is 2.70. The smallest absolute Gasteiger partial charge is 0.422 e. The van der Waals surface area contributed by atoms with Crippen molar-refractivity contribution in [1.82, 2.24) is 9.44 Å². The molecule has 0 aromatic heterocycles. The van der Waals surface area contributed by atoms with Gasteiger partial charge in [0.1, 0.15) is 0 Å². The van der Waals surface area contributed by atoms with Crippen LogP contribution in [-0.4, -0.2) is 32.7 Å². The van der Waals surface area contributed by atoms with E-state index in [0.717, 1.165) is 12.8 Å². The quantitative estimate of drug-likeness (QED) is 0.698. The third kappa shape index (κ3) is 5.26. The lowest BCUT2D eigenvalue weighted by Gasteiger charge is -2.39. The van der Waals surface area contributed by atoms with Crippen LogP contribution >= 0.6 is 0 Å². The molecule has 0 aromatic carbocycles. The molecule has 0 radical (unpaired) electrons. The molecule has 0 bridgehead atoms. The first-order valence-electron chi connectivity index (χ1n) is 6.90. The van der Waals surface area contributed by atoms with Gasteiger partial charge in [0.25, 0.3) is 0 Å². The first-order chi connectivity index (χ1) is 9.18. The van der Waals surface area contributed by atoms with Gasteiger partial charge in [-0.2, -0.15) is 13.1 Å². The molecule has 2 atom stereocenters. The minimum absolute atomic E-state index is 0.206. The van der Waals surface area contributed by atoms with Crippen molar-refractivity contribution in [2.45, 2.75) is 58.1 Å². The summed E-state index contributed by atoms with van der Waals surface area (Å²) in [5.41, 5.74) is 5.07. The molecule has 7 nitrogen and oxygen atoms in total. The Bertz CT molecular complexity index is 438. The maximum atomic E-state index is 12.0. The number of rotatable bonds is 5. The Morgan fingerprint density at radius 1 is 1.50 bits per heavy atom. The molecule has 8 heteroatoms. The van der Waals surface area contributed by atoms with Crippen molar-refractivity contribution in [3.63, 3.8) is 0 Å². The lowest BCUT2D eigenvalue weighted by molar-refractivity contribution is 0.121. The van der Waals surface area contributed by atoms with E-state index in [9.17, 15) is 13.2 Å². The van der Waals surface area contributed by atoms with E-state index >= 15 is 0 Å². The number of amides is 1. The van der Waals surface area contributed by atoms with Crippen LogP contribution in [0.15, 0.2) is 0 Å². The Labute approximate surface area is 120 Å². The summed E-state index contributed by atoms with van der Waals surface area (Å²) in [5.74, 6) is 0.401. The Morgan fingerprint density at radius 2 is 2.15 bits per heavy atom. The highest BCUT2D eigenvalue weighted by Crippen LogP contribution is 2.31. The summed E-state index contributed by atoms with van der Waals surface area (Å²) in [4.78, 5) is 11.4. The topological polar surface area (TPSA) is 111 Å². The van der Waals surface area contributed by atoms with Crippen molar-refractivity contribution in [1.29, 1.82) is 0 Å². The van der Waals surface area contributed by atoms with Crippen molar-refractivity contribution >= 4 is 16.3 Å². The molecule has 0 aromatic rings. The fourth-order valence-corrected chi connectivity index (χ4v) is 3.80. The lowest BCUT2D eigenvalue weighted by atomic mass is 9.77. The fourth-order valence-electron chi connectivity index (χ4n) is 2.64. The van der Waals surface area contributed by atoms with Crippen LogP contribution in [-0.2, 0) is 14.9 Å². The molecule has 1 fully saturated rings. The van der Waals surface area contributed by atoms with Crippen LogP contribution in [0.3, 0.4) is 0 Å². The monoisotopic (exact) mass is 307 g/mol. The molecule has 118 valence electrons. The summed E-state index contributed by atoms with van der Waals surface area (Å²) < 4.78 is 33.1. The maximum absolute atomic E-state index is 12.0. The first-order valence-corrected chi connectivity index (χ1v) is 8.39. The predicted molar refractivity (Wildman–Crippen MR) is 76.2 cm³/mol. The van der Waals surface area contributed by atoms with Crippen LogP contribution in [0.2, 0.25) is 0 Å². The molecule has 0 spiro atoms. The third-order valence-electron chi connectivity index (χ3n) is 3.39. The molecule has 0 saturated heterocycles. The van der Waals surface area contributed by atoms with Gasteiger partial charge < -0.3 is 10.5 Å². The van der Waals surface area contributed by atoms with Crippen LogP contribution in [0, 0.1) is 5.92 Å². The van der Waals surface area contributed by atoms with Gasteiger partial charge in [0.2, 0.25) is 0 Å². The second kappa shape index (κ2) is 6.73. The third-order valence-corrected chi connectivity index (χ3v) is 4.53. The number of ether oxygens (including phenoxy) is 1. The van der Waals surface area contributed by atoms with Crippen LogP contribution in [0.4, 0.5) is 4.79 Å².